The van der Waals surface area contributed by atoms with Crippen LogP contribution in [0.5, 0.6) is 0 Å². The number of aromatic nitrogens is 1. The van der Waals surface area contributed by atoms with E-state index in [1.54, 1.807) is 0 Å². The molecule has 1 aromatic heterocycles. The molecule has 2 rings (SSSR count). The van der Waals surface area contributed by atoms with Gasteiger partial charge in [-0.2, -0.15) is 0 Å². The molecule has 0 saturated carbocycles. The Morgan fingerprint density at radius 2 is 1.95 bits per heavy atom. The number of halogens is 3. The molecule has 2 nitrogen and oxygen atoms in total. The van der Waals surface area contributed by atoms with Crippen molar-refractivity contribution in [1.29, 1.82) is 0 Å². The molecule has 0 aliphatic rings. The largest absolute Gasteiger partial charge is 0.385 e. The summed E-state index contributed by atoms with van der Waals surface area (Å²) in [6, 6.07) is 4.07. The SMILES string of the molecule is CCNc1cc(CC(C)C)nc2c(Cl)c(Cl)c(Br)cc12. The van der Waals surface area contributed by atoms with Gasteiger partial charge in [0, 0.05) is 27.8 Å². The van der Waals surface area contributed by atoms with Gasteiger partial charge in [0.2, 0.25) is 0 Å². The standard InChI is InChI=1S/C15H17BrCl2N2/c1-4-19-12-6-9(5-8(2)3)20-15-10(12)7-11(16)13(17)14(15)18/h6-8H,4-5H2,1-3H3,(H,19,20). The van der Waals surface area contributed by atoms with Crippen molar-refractivity contribution in [1.82, 2.24) is 4.98 Å². The fourth-order valence-corrected chi connectivity index (χ4v) is 3.11. The van der Waals surface area contributed by atoms with E-state index in [0.717, 1.165) is 39.7 Å². The van der Waals surface area contributed by atoms with Crippen molar-refractivity contribution in [3.8, 4) is 0 Å². The monoisotopic (exact) mass is 374 g/mol. The van der Waals surface area contributed by atoms with Gasteiger partial charge < -0.3 is 5.32 Å². The summed E-state index contributed by atoms with van der Waals surface area (Å²) in [5, 5.41) is 5.37. The van der Waals surface area contributed by atoms with Crippen LogP contribution in [0.25, 0.3) is 10.9 Å². The number of pyridine rings is 1. The van der Waals surface area contributed by atoms with Crippen LogP contribution in [-0.2, 0) is 6.42 Å². The highest BCUT2D eigenvalue weighted by Crippen LogP contribution is 2.39. The van der Waals surface area contributed by atoms with Gasteiger partial charge in [-0.1, -0.05) is 37.0 Å². The maximum absolute atomic E-state index is 6.36. The molecule has 0 amide bonds. The van der Waals surface area contributed by atoms with Gasteiger partial charge in [0.1, 0.15) is 0 Å². The van der Waals surface area contributed by atoms with Gasteiger partial charge in [0.25, 0.3) is 0 Å². The number of hydrogen-bond donors (Lipinski definition) is 1. The zero-order chi connectivity index (χ0) is 14.9. The summed E-state index contributed by atoms with van der Waals surface area (Å²) < 4.78 is 0.786. The second kappa shape index (κ2) is 6.50. The van der Waals surface area contributed by atoms with Crippen molar-refractivity contribution in [2.75, 3.05) is 11.9 Å². The summed E-state index contributed by atoms with van der Waals surface area (Å²) in [6.45, 7) is 7.27. The minimum Gasteiger partial charge on any atom is -0.385 e. The molecule has 0 unspecified atom stereocenters. The number of nitrogens with zero attached hydrogens (tertiary/aromatic N) is 1. The second-order valence-corrected chi connectivity index (χ2v) is 6.78. The third-order valence-corrected chi connectivity index (χ3v) is 4.69. The number of anilines is 1. The Balaban J connectivity index is 2.71. The first-order chi connectivity index (χ1) is 9.43. The number of benzene rings is 1. The van der Waals surface area contributed by atoms with Crippen LogP contribution in [0.3, 0.4) is 0 Å². The van der Waals surface area contributed by atoms with E-state index in [1.165, 1.54) is 0 Å². The van der Waals surface area contributed by atoms with Crippen molar-refractivity contribution in [2.24, 2.45) is 5.92 Å². The molecule has 0 aliphatic heterocycles. The molecule has 0 bridgehead atoms. The first-order valence-corrected chi connectivity index (χ1v) is 8.19. The summed E-state index contributed by atoms with van der Waals surface area (Å²) in [7, 11) is 0. The summed E-state index contributed by atoms with van der Waals surface area (Å²) >= 11 is 16.0. The van der Waals surface area contributed by atoms with Crippen LogP contribution in [-0.4, -0.2) is 11.5 Å². The van der Waals surface area contributed by atoms with E-state index in [4.69, 9.17) is 23.2 Å². The highest BCUT2D eigenvalue weighted by atomic mass is 79.9. The van der Waals surface area contributed by atoms with E-state index in [2.05, 4.69) is 53.1 Å². The van der Waals surface area contributed by atoms with Crippen LogP contribution in [0.1, 0.15) is 26.5 Å². The van der Waals surface area contributed by atoms with Gasteiger partial charge in [-0.3, -0.25) is 4.98 Å². The first-order valence-electron chi connectivity index (χ1n) is 6.65. The lowest BCUT2D eigenvalue weighted by Gasteiger charge is -2.14. The Hall–Kier alpha value is -0.510. The smallest absolute Gasteiger partial charge is 0.0928 e. The van der Waals surface area contributed by atoms with Gasteiger partial charge in [0.15, 0.2) is 0 Å². The molecule has 0 aliphatic carbocycles. The molecular weight excluding hydrogens is 359 g/mol. The van der Waals surface area contributed by atoms with E-state index in [1.807, 2.05) is 6.07 Å². The highest BCUT2D eigenvalue weighted by Gasteiger charge is 2.14. The zero-order valence-electron chi connectivity index (χ0n) is 11.7. The lowest BCUT2D eigenvalue weighted by molar-refractivity contribution is 0.637. The van der Waals surface area contributed by atoms with Crippen LogP contribution < -0.4 is 5.32 Å². The summed E-state index contributed by atoms with van der Waals surface area (Å²) in [5.41, 5.74) is 2.84. The normalized spacial score (nSPS) is 11.3. The predicted molar refractivity (Wildman–Crippen MR) is 92.2 cm³/mol. The summed E-state index contributed by atoms with van der Waals surface area (Å²) in [6.07, 6.45) is 0.915. The van der Waals surface area contributed by atoms with Gasteiger partial charge >= 0.3 is 0 Å². The van der Waals surface area contributed by atoms with Gasteiger partial charge in [-0.05, 0) is 47.3 Å². The van der Waals surface area contributed by atoms with E-state index >= 15 is 0 Å². The molecule has 0 spiro atoms. The first kappa shape index (κ1) is 15.9. The molecule has 108 valence electrons. The van der Waals surface area contributed by atoms with Crippen molar-refractivity contribution >= 4 is 55.7 Å². The Morgan fingerprint density at radius 3 is 2.55 bits per heavy atom. The third kappa shape index (κ3) is 3.21. The average molecular weight is 376 g/mol. The minimum atomic E-state index is 0.501. The zero-order valence-corrected chi connectivity index (χ0v) is 14.8. The Morgan fingerprint density at radius 1 is 1.25 bits per heavy atom. The lowest BCUT2D eigenvalue weighted by Crippen LogP contribution is -2.03. The quantitative estimate of drug-likeness (QED) is 0.669. The van der Waals surface area contributed by atoms with Gasteiger partial charge in [-0.25, -0.2) is 0 Å². The molecule has 0 fully saturated rings. The molecule has 20 heavy (non-hydrogen) atoms. The molecule has 0 radical (unpaired) electrons. The van der Waals surface area contributed by atoms with E-state index in [9.17, 15) is 0 Å². The average Bonchev–Trinajstić information content (AvgIpc) is 2.37. The maximum Gasteiger partial charge on any atom is 0.0928 e. The van der Waals surface area contributed by atoms with Crippen molar-refractivity contribution in [3.05, 3.63) is 32.3 Å². The molecule has 0 saturated heterocycles. The topological polar surface area (TPSA) is 24.9 Å². The number of hydrogen-bond acceptors (Lipinski definition) is 2. The van der Waals surface area contributed by atoms with Crippen LogP contribution >= 0.6 is 39.1 Å². The second-order valence-electron chi connectivity index (χ2n) is 5.17. The van der Waals surface area contributed by atoms with E-state index in [-0.39, 0.29) is 0 Å². The van der Waals surface area contributed by atoms with Gasteiger partial charge in [0.05, 0.1) is 15.6 Å². The van der Waals surface area contributed by atoms with Crippen LogP contribution in [0.15, 0.2) is 16.6 Å². The minimum absolute atomic E-state index is 0.501. The summed E-state index contributed by atoms with van der Waals surface area (Å²) in [5.74, 6) is 0.541. The number of rotatable bonds is 4. The van der Waals surface area contributed by atoms with Crippen LogP contribution in [0, 0.1) is 5.92 Å². The lowest BCUT2D eigenvalue weighted by atomic mass is 10.1. The molecule has 1 aromatic carbocycles. The molecule has 0 atom stereocenters. The van der Waals surface area contributed by atoms with Gasteiger partial charge in [-0.15, -0.1) is 0 Å². The van der Waals surface area contributed by atoms with Crippen molar-refractivity contribution in [2.45, 2.75) is 27.2 Å². The van der Waals surface area contributed by atoms with Crippen LogP contribution in [0.2, 0.25) is 10.0 Å². The molecular formula is C15H17BrCl2N2. The Kier molecular flexibility index (Phi) is 5.16. The molecule has 1 N–H and O–H groups in total. The molecule has 1 heterocycles. The Labute approximate surface area is 138 Å². The third-order valence-electron chi connectivity index (χ3n) is 2.98. The number of nitrogens with one attached hydrogen (secondary N) is 1. The van der Waals surface area contributed by atoms with Crippen molar-refractivity contribution < 1.29 is 0 Å². The fraction of sp³-hybridized carbons (Fsp3) is 0.400. The van der Waals surface area contributed by atoms with E-state index in [0.29, 0.717) is 16.0 Å². The molecule has 2 aromatic rings. The fourth-order valence-electron chi connectivity index (χ4n) is 2.18. The highest BCUT2D eigenvalue weighted by molar-refractivity contribution is 9.10. The Bertz CT molecular complexity index is 642. The van der Waals surface area contributed by atoms with E-state index < -0.39 is 0 Å². The summed E-state index contributed by atoms with van der Waals surface area (Å²) in [4.78, 5) is 4.68. The molecule has 5 heteroatoms. The maximum atomic E-state index is 6.36. The predicted octanol–water partition coefficient (Wildman–Crippen LogP) is 5.93. The van der Waals surface area contributed by atoms with Crippen LogP contribution in [0.4, 0.5) is 5.69 Å². The van der Waals surface area contributed by atoms with Crippen molar-refractivity contribution in [3.63, 3.8) is 0 Å². The number of fused-ring (bicyclic) bond motifs is 1.